The summed E-state index contributed by atoms with van der Waals surface area (Å²) in [5.41, 5.74) is 0.994. The van der Waals surface area contributed by atoms with Gasteiger partial charge < -0.3 is 15.3 Å². The van der Waals surface area contributed by atoms with Crippen LogP contribution < -0.4 is 5.32 Å². The van der Waals surface area contributed by atoms with Crippen LogP contribution in [-0.4, -0.2) is 104 Å². The first-order valence-corrected chi connectivity index (χ1v) is 11.3. The van der Waals surface area contributed by atoms with Crippen molar-refractivity contribution in [2.24, 2.45) is 5.92 Å². The molecule has 29 heavy (non-hydrogen) atoms. The molecule has 8 nitrogen and oxygen atoms in total. The molecule has 2 atom stereocenters. The third-order valence-electron chi connectivity index (χ3n) is 5.38. The fraction of sp³-hybridized carbons (Fsp3) is 0.556. The molecule has 0 aromatic rings. The van der Waals surface area contributed by atoms with Gasteiger partial charge in [-0.2, -0.15) is 0 Å². The van der Waals surface area contributed by atoms with Crippen molar-refractivity contribution in [1.29, 1.82) is 0 Å². The molecule has 0 aromatic carbocycles. The maximum atomic E-state index is 12.6. The SMILES string of the molecule is O=C(CBr)N[C@@H]1C(=O)N2C(C(=O)O)=C(/C=C3\CCN(CC4CC4)C3=O)CS[C@H]12.[NaH]. The quantitative estimate of drug-likeness (QED) is 0.234. The van der Waals surface area contributed by atoms with Crippen molar-refractivity contribution in [2.75, 3.05) is 24.2 Å². The number of rotatable bonds is 6. The fourth-order valence-electron chi connectivity index (χ4n) is 3.76. The Morgan fingerprint density at radius 1 is 1.31 bits per heavy atom. The number of β-lactam (4-membered cyclic amide) rings is 1. The topological polar surface area (TPSA) is 107 Å². The molecule has 11 heteroatoms. The molecule has 0 bridgehead atoms. The fourth-order valence-corrected chi connectivity index (χ4v) is 5.23. The minimum absolute atomic E-state index is 0. The molecule has 3 aliphatic heterocycles. The van der Waals surface area contributed by atoms with E-state index in [0.29, 0.717) is 35.8 Å². The Morgan fingerprint density at radius 2 is 2.03 bits per heavy atom. The Bertz CT molecular complexity index is 828. The molecule has 0 unspecified atom stereocenters. The van der Waals surface area contributed by atoms with Gasteiger partial charge in [0.2, 0.25) is 11.8 Å². The molecule has 1 aliphatic carbocycles. The van der Waals surface area contributed by atoms with Crippen LogP contribution in [0.1, 0.15) is 19.3 Å². The van der Waals surface area contributed by atoms with Crippen LogP contribution in [0.5, 0.6) is 0 Å². The average molecular weight is 494 g/mol. The van der Waals surface area contributed by atoms with Gasteiger partial charge in [0.25, 0.3) is 5.91 Å². The number of carboxylic acids is 1. The van der Waals surface area contributed by atoms with Crippen LogP contribution in [0.15, 0.2) is 22.9 Å². The van der Waals surface area contributed by atoms with E-state index in [0.717, 1.165) is 6.54 Å². The Kier molecular flexibility index (Phi) is 7.20. The van der Waals surface area contributed by atoms with Gasteiger partial charge >= 0.3 is 35.5 Å². The predicted octanol–water partition coefficient (Wildman–Crippen LogP) is 0.0401. The molecule has 0 spiro atoms. The molecule has 4 aliphatic rings. The molecule has 152 valence electrons. The van der Waals surface area contributed by atoms with Crippen molar-refractivity contribution in [3.8, 4) is 0 Å². The van der Waals surface area contributed by atoms with Crippen LogP contribution >= 0.6 is 27.7 Å². The molecule has 3 fully saturated rings. The van der Waals surface area contributed by atoms with Gasteiger partial charge in [-0.25, -0.2) is 4.79 Å². The van der Waals surface area contributed by atoms with E-state index < -0.39 is 23.3 Å². The molecule has 4 rings (SSSR count). The zero-order valence-corrected chi connectivity index (χ0v) is 17.4. The Balaban J connectivity index is 0.00000240. The summed E-state index contributed by atoms with van der Waals surface area (Å²) in [6.07, 6.45) is 4.57. The second-order valence-electron chi connectivity index (χ2n) is 7.38. The number of halogens is 1. The van der Waals surface area contributed by atoms with Gasteiger partial charge in [0.1, 0.15) is 17.1 Å². The summed E-state index contributed by atoms with van der Waals surface area (Å²) in [6.45, 7) is 1.44. The summed E-state index contributed by atoms with van der Waals surface area (Å²) in [5, 5.41) is 12.0. The van der Waals surface area contributed by atoms with E-state index in [1.54, 1.807) is 6.08 Å². The van der Waals surface area contributed by atoms with Crippen LogP contribution in [0.3, 0.4) is 0 Å². The number of carbonyl (C=O) groups is 4. The summed E-state index contributed by atoms with van der Waals surface area (Å²) in [6, 6.07) is -0.722. The van der Waals surface area contributed by atoms with Crippen molar-refractivity contribution < 1.29 is 24.3 Å². The first kappa shape index (κ1) is 22.9. The summed E-state index contributed by atoms with van der Waals surface area (Å²) < 4.78 is 0. The van der Waals surface area contributed by atoms with Gasteiger partial charge in [-0.15, -0.1) is 11.8 Å². The zero-order chi connectivity index (χ0) is 20.0. The van der Waals surface area contributed by atoms with E-state index in [2.05, 4.69) is 21.2 Å². The number of carboxylic acid groups (broad SMARTS) is 1. The summed E-state index contributed by atoms with van der Waals surface area (Å²) in [7, 11) is 0. The molecular weight excluding hydrogens is 473 g/mol. The molecule has 0 aromatic heterocycles. The van der Waals surface area contributed by atoms with E-state index in [-0.39, 0.29) is 52.4 Å². The Morgan fingerprint density at radius 3 is 2.66 bits per heavy atom. The van der Waals surface area contributed by atoms with Crippen LogP contribution in [0.25, 0.3) is 0 Å². The number of hydrogen-bond acceptors (Lipinski definition) is 5. The number of fused-ring (bicyclic) bond motifs is 1. The molecule has 1 saturated carbocycles. The molecular formula is C18H21BrN3NaO5S. The van der Waals surface area contributed by atoms with Crippen LogP contribution in [0.2, 0.25) is 0 Å². The number of aliphatic carboxylic acids is 1. The zero-order valence-electron chi connectivity index (χ0n) is 15.0. The second-order valence-corrected chi connectivity index (χ2v) is 9.05. The third-order valence-corrected chi connectivity index (χ3v) is 7.19. The summed E-state index contributed by atoms with van der Waals surface area (Å²) in [4.78, 5) is 51.6. The maximum absolute atomic E-state index is 12.6. The summed E-state index contributed by atoms with van der Waals surface area (Å²) in [5.74, 6) is -1.01. The number of allylic oxidation sites excluding steroid dienone is 1. The first-order chi connectivity index (χ1) is 13.4. The third kappa shape index (κ3) is 4.46. The number of likely N-dealkylation sites (tertiary alicyclic amines) is 1. The molecule has 3 heterocycles. The van der Waals surface area contributed by atoms with Gasteiger partial charge in [0, 0.05) is 24.4 Å². The van der Waals surface area contributed by atoms with Crippen LogP contribution in [-0.2, 0) is 19.2 Å². The Labute approximate surface area is 202 Å². The Hall–Kier alpha value is -0.810. The van der Waals surface area contributed by atoms with Gasteiger partial charge in [0.15, 0.2) is 0 Å². The number of amides is 3. The van der Waals surface area contributed by atoms with E-state index in [1.807, 2.05) is 4.90 Å². The predicted molar refractivity (Wildman–Crippen MR) is 113 cm³/mol. The van der Waals surface area contributed by atoms with Crippen molar-refractivity contribution in [1.82, 2.24) is 15.1 Å². The summed E-state index contributed by atoms with van der Waals surface area (Å²) >= 11 is 4.43. The van der Waals surface area contributed by atoms with Crippen molar-refractivity contribution in [3.63, 3.8) is 0 Å². The van der Waals surface area contributed by atoms with E-state index in [4.69, 9.17) is 0 Å². The number of hydrogen-bond donors (Lipinski definition) is 2. The van der Waals surface area contributed by atoms with Crippen LogP contribution in [0.4, 0.5) is 0 Å². The first-order valence-electron chi connectivity index (χ1n) is 9.17. The van der Waals surface area contributed by atoms with E-state index >= 15 is 0 Å². The number of carbonyl (C=O) groups excluding carboxylic acids is 3. The van der Waals surface area contributed by atoms with Gasteiger partial charge in [-0.3, -0.25) is 19.3 Å². The number of thioether (sulfide) groups is 1. The average Bonchev–Trinajstić information content (AvgIpc) is 3.44. The van der Waals surface area contributed by atoms with Crippen LogP contribution in [0, 0.1) is 5.92 Å². The van der Waals surface area contributed by atoms with Crippen molar-refractivity contribution >= 4 is 80.9 Å². The standard InChI is InChI=1S/C18H20BrN3O5S.Na.H/c19-6-12(23)20-13-16(25)22-14(18(26)27)11(8-28-17(13)22)5-10-3-4-21(15(10)24)7-9-1-2-9;;/h5,9,13,17H,1-4,6-8H2,(H,20,23)(H,26,27);;/b10-5+;;/t13-,17-;;/m1../s1. The van der Waals surface area contributed by atoms with Gasteiger partial charge in [-0.05, 0) is 36.8 Å². The number of nitrogens with zero attached hydrogens (tertiary/aromatic N) is 2. The number of alkyl halides is 1. The van der Waals surface area contributed by atoms with Crippen molar-refractivity contribution in [2.45, 2.75) is 30.7 Å². The van der Waals surface area contributed by atoms with E-state index in [1.165, 1.54) is 29.5 Å². The minimum atomic E-state index is -1.20. The molecule has 2 saturated heterocycles. The monoisotopic (exact) mass is 493 g/mol. The van der Waals surface area contributed by atoms with Crippen molar-refractivity contribution in [3.05, 3.63) is 22.9 Å². The number of nitrogens with one attached hydrogen (secondary N) is 1. The normalized spacial score (nSPS) is 27.6. The van der Waals surface area contributed by atoms with E-state index in [9.17, 15) is 24.3 Å². The molecule has 0 radical (unpaired) electrons. The van der Waals surface area contributed by atoms with Gasteiger partial charge in [-0.1, -0.05) is 15.9 Å². The second kappa shape index (κ2) is 9.13. The van der Waals surface area contributed by atoms with Gasteiger partial charge in [0.05, 0.1) is 5.33 Å². The molecule has 2 N–H and O–H groups in total. The molecule has 3 amide bonds.